The summed E-state index contributed by atoms with van der Waals surface area (Å²) in [6.45, 7) is 0. The second-order valence-corrected chi connectivity index (χ2v) is 3.05. The average Bonchev–Trinajstić information content (AvgIpc) is 2.44. The number of hydrogen-bond donors (Lipinski definition) is 2. The van der Waals surface area contributed by atoms with Crippen molar-refractivity contribution >= 4 is 17.0 Å². The Morgan fingerprint density at radius 3 is 2.94 bits per heavy atom. The topological polar surface area (TPSA) is 100 Å². The van der Waals surface area contributed by atoms with Gasteiger partial charge in [0.1, 0.15) is 0 Å². The van der Waals surface area contributed by atoms with E-state index >= 15 is 0 Å². The number of nitrogens with zero attached hydrogens (tertiary/aromatic N) is 2. The van der Waals surface area contributed by atoms with E-state index in [9.17, 15) is 4.79 Å². The number of aryl methyl sites for hydroxylation is 1. The van der Waals surface area contributed by atoms with Crippen molar-refractivity contribution in [2.45, 2.75) is 0 Å². The molecule has 2 aromatic rings. The van der Waals surface area contributed by atoms with E-state index in [4.69, 9.17) is 11.5 Å². The van der Waals surface area contributed by atoms with E-state index in [1.54, 1.807) is 17.8 Å². The Morgan fingerprint density at radius 2 is 2.31 bits per heavy atom. The van der Waals surface area contributed by atoms with Gasteiger partial charge in [0.2, 0.25) is 5.95 Å². The smallest absolute Gasteiger partial charge is 0.263 e. The second-order valence-electron chi connectivity index (χ2n) is 3.05. The van der Waals surface area contributed by atoms with Gasteiger partial charge in [-0.1, -0.05) is 5.92 Å². The first-order valence-corrected chi connectivity index (χ1v) is 4.16. The number of anilines is 1. The molecule has 6 nitrogen and oxygen atoms in total. The maximum Gasteiger partial charge on any atom is 0.263 e. The van der Waals surface area contributed by atoms with E-state index in [0.717, 1.165) is 0 Å². The van der Waals surface area contributed by atoms with Gasteiger partial charge in [-0.25, -0.2) is 6.04 Å². The predicted molar refractivity (Wildman–Crippen MR) is 56.9 cm³/mol. The number of aromatic amines is 1. The molecule has 0 saturated heterocycles. The second kappa shape index (κ2) is 4.35. The molecule has 0 fully saturated rings. The average molecular weight is 253 g/mol. The first-order chi connectivity index (χ1) is 7.13. The minimum atomic E-state index is -0.337. The normalized spacial score (nSPS) is 9.31. The number of hydrogen-bond acceptors (Lipinski definition) is 3. The van der Waals surface area contributed by atoms with Crippen molar-refractivity contribution in [3.05, 3.63) is 27.8 Å². The Balaban J connectivity index is 0.00000128. The number of fused-ring (bicyclic) bond motifs is 1. The molecular formula is C9H8N5OV-. The molecule has 0 saturated carbocycles. The van der Waals surface area contributed by atoms with Crippen LogP contribution in [-0.4, -0.2) is 14.5 Å². The Hall–Kier alpha value is -1.84. The van der Waals surface area contributed by atoms with E-state index < -0.39 is 0 Å². The van der Waals surface area contributed by atoms with Crippen LogP contribution >= 0.6 is 0 Å². The summed E-state index contributed by atoms with van der Waals surface area (Å²) in [7, 11) is 1.74. The zero-order valence-electron chi connectivity index (χ0n) is 8.40. The molecule has 0 amide bonds. The van der Waals surface area contributed by atoms with Gasteiger partial charge in [-0.05, 0) is 0 Å². The number of nitrogens with one attached hydrogen (secondary N) is 2. The summed E-state index contributed by atoms with van der Waals surface area (Å²) in [5.41, 5.74) is 12.8. The number of nitrogens with two attached hydrogens (primary N) is 1. The molecule has 0 aromatic carbocycles. The zero-order chi connectivity index (χ0) is 11.0. The van der Waals surface area contributed by atoms with Gasteiger partial charge in [-0.3, -0.25) is 9.78 Å². The molecule has 2 aromatic heterocycles. The molecule has 4 N–H and O–H groups in total. The van der Waals surface area contributed by atoms with Crippen molar-refractivity contribution in [3.63, 3.8) is 0 Å². The number of aromatic nitrogens is 3. The van der Waals surface area contributed by atoms with Gasteiger partial charge in [-0.15, -0.1) is 0 Å². The van der Waals surface area contributed by atoms with Crippen LogP contribution in [-0.2, 0) is 25.6 Å². The van der Waals surface area contributed by atoms with Crippen LogP contribution in [0.15, 0.2) is 11.0 Å². The van der Waals surface area contributed by atoms with Crippen LogP contribution in [0.25, 0.3) is 16.8 Å². The van der Waals surface area contributed by atoms with Crippen LogP contribution in [0, 0.1) is 12.0 Å². The van der Waals surface area contributed by atoms with E-state index in [2.05, 4.69) is 15.9 Å². The molecule has 0 aliphatic heterocycles. The van der Waals surface area contributed by atoms with Crippen LogP contribution in [0.4, 0.5) is 5.95 Å². The maximum absolute atomic E-state index is 11.6. The fraction of sp³-hybridized carbons (Fsp3) is 0.111. The third kappa shape index (κ3) is 1.78. The first kappa shape index (κ1) is 12.2. The quantitative estimate of drug-likeness (QED) is 0.656. The summed E-state index contributed by atoms with van der Waals surface area (Å²) in [5, 5.41) is 0.367. The van der Waals surface area contributed by atoms with Crippen LogP contribution in [0.5, 0.6) is 0 Å². The van der Waals surface area contributed by atoms with Crippen molar-refractivity contribution < 1.29 is 18.6 Å². The van der Waals surface area contributed by atoms with E-state index in [-0.39, 0.29) is 30.1 Å². The van der Waals surface area contributed by atoms with Crippen molar-refractivity contribution in [1.29, 1.82) is 0 Å². The first-order valence-electron chi connectivity index (χ1n) is 4.16. The Morgan fingerprint density at radius 1 is 1.62 bits per heavy atom. The van der Waals surface area contributed by atoms with Crippen molar-refractivity contribution in [2.24, 2.45) is 7.05 Å². The van der Waals surface area contributed by atoms with Gasteiger partial charge >= 0.3 is 0 Å². The van der Waals surface area contributed by atoms with Crippen LogP contribution in [0.2, 0.25) is 0 Å². The van der Waals surface area contributed by atoms with Crippen LogP contribution < -0.4 is 11.3 Å². The summed E-state index contributed by atoms with van der Waals surface area (Å²) in [6.07, 6.45) is 1.65. The molecule has 0 aliphatic rings. The van der Waals surface area contributed by atoms with Crippen LogP contribution in [0.3, 0.4) is 0 Å². The van der Waals surface area contributed by atoms with Crippen molar-refractivity contribution in [3.8, 4) is 12.0 Å². The van der Waals surface area contributed by atoms with Gasteiger partial charge in [0.05, 0.1) is 10.9 Å². The molecule has 0 atom stereocenters. The van der Waals surface area contributed by atoms with Gasteiger partial charge in [0.25, 0.3) is 5.56 Å². The van der Waals surface area contributed by atoms with E-state index in [0.29, 0.717) is 16.6 Å². The fourth-order valence-electron chi connectivity index (χ4n) is 1.46. The standard InChI is InChI=1S/C9H8N5O.V/c1-14-4-5(2-3-10)6-7(14)12-9(11)13-8(6)15;/h4,10H,1H3,(H3,11,12,13,15);/q-1;. The van der Waals surface area contributed by atoms with Gasteiger partial charge in [0.15, 0.2) is 5.65 Å². The third-order valence-electron chi connectivity index (χ3n) is 2.04. The van der Waals surface area contributed by atoms with E-state index in [1.807, 2.05) is 6.04 Å². The van der Waals surface area contributed by atoms with Gasteiger partial charge in [0, 0.05) is 31.8 Å². The summed E-state index contributed by atoms with van der Waals surface area (Å²) in [4.78, 5) is 18.0. The molecule has 0 spiro atoms. The Bertz CT molecular complexity index is 645. The summed E-state index contributed by atoms with van der Waals surface area (Å²) in [6, 6.07) is 2.01. The number of H-pyrrole nitrogens is 1. The Labute approximate surface area is 103 Å². The predicted octanol–water partition coefficient (Wildman–Crippen LogP) is 0.202. The van der Waals surface area contributed by atoms with Gasteiger partial charge in [-0.2, -0.15) is 4.98 Å². The molecule has 0 bridgehead atoms. The molecule has 0 aliphatic carbocycles. The van der Waals surface area contributed by atoms with Crippen molar-refractivity contribution in [2.75, 3.05) is 5.73 Å². The molecule has 7 heteroatoms. The third-order valence-corrected chi connectivity index (χ3v) is 2.04. The molecule has 81 valence electrons. The molecule has 0 unspecified atom stereocenters. The Kier molecular flexibility index (Phi) is 3.33. The number of nitrogen functional groups attached to an aromatic ring is 1. The summed E-state index contributed by atoms with van der Waals surface area (Å²) >= 11 is 0. The van der Waals surface area contributed by atoms with Crippen LogP contribution in [0.1, 0.15) is 5.56 Å². The fourth-order valence-corrected chi connectivity index (χ4v) is 1.46. The monoisotopic (exact) mass is 253 g/mol. The molecule has 2 heterocycles. The van der Waals surface area contributed by atoms with Gasteiger partial charge < -0.3 is 16.0 Å². The minimum absolute atomic E-state index is 0. The summed E-state index contributed by atoms with van der Waals surface area (Å²) in [5.74, 6) is 2.60. The SMILES string of the molecule is Cn1cc(C#C[NH-])c2c(=O)[nH]c(N)nc21.[V]. The summed E-state index contributed by atoms with van der Waals surface area (Å²) < 4.78 is 1.65. The number of rotatable bonds is 0. The van der Waals surface area contributed by atoms with Crippen molar-refractivity contribution in [1.82, 2.24) is 14.5 Å². The molecule has 16 heavy (non-hydrogen) atoms. The molecule has 2 rings (SSSR count). The minimum Gasteiger partial charge on any atom is -0.657 e. The molecule has 1 radical (unpaired) electrons. The van der Waals surface area contributed by atoms with E-state index in [1.165, 1.54) is 0 Å². The largest absolute Gasteiger partial charge is 0.657 e. The molecular weight excluding hydrogens is 245 g/mol. The maximum atomic E-state index is 11.6. The zero-order valence-corrected chi connectivity index (χ0v) is 9.80.